The lowest BCUT2D eigenvalue weighted by Gasteiger charge is -2.39. The highest BCUT2D eigenvalue weighted by atomic mass is 16.5. The van der Waals surface area contributed by atoms with Crippen LogP contribution in [0.4, 0.5) is 0 Å². The molecular weight excluding hydrogens is 192 g/mol. The third-order valence-electron chi connectivity index (χ3n) is 3.31. The van der Waals surface area contributed by atoms with Gasteiger partial charge in [0.25, 0.3) is 0 Å². The number of hydrogen-bond acceptors (Lipinski definition) is 3. The second-order valence-electron chi connectivity index (χ2n) is 4.86. The largest absolute Gasteiger partial charge is 0.396 e. The third kappa shape index (κ3) is 1.68. The van der Waals surface area contributed by atoms with Crippen molar-refractivity contribution in [1.29, 1.82) is 0 Å². The first kappa shape index (κ1) is 9.36. The second-order valence-corrected chi connectivity index (χ2v) is 4.86. The summed E-state index contributed by atoms with van der Waals surface area (Å²) in [7, 11) is 0. The van der Waals surface area contributed by atoms with Crippen molar-refractivity contribution in [3.05, 3.63) is 18.0 Å². The first-order valence-corrected chi connectivity index (χ1v) is 5.53. The van der Waals surface area contributed by atoms with Crippen LogP contribution in [-0.2, 0) is 11.3 Å². The van der Waals surface area contributed by atoms with E-state index in [1.54, 1.807) is 0 Å². The zero-order valence-electron chi connectivity index (χ0n) is 8.72. The lowest BCUT2D eigenvalue weighted by atomic mass is 9.87. The van der Waals surface area contributed by atoms with E-state index in [2.05, 4.69) is 11.2 Å². The lowest BCUT2D eigenvalue weighted by Crippen LogP contribution is -2.48. The van der Waals surface area contributed by atoms with Crippen LogP contribution in [0.5, 0.6) is 0 Å². The van der Waals surface area contributed by atoms with Gasteiger partial charge in [0.05, 0.1) is 37.5 Å². The highest BCUT2D eigenvalue weighted by Gasteiger charge is 2.39. The van der Waals surface area contributed by atoms with Gasteiger partial charge in [-0.1, -0.05) is 0 Å². The molecule has 15 heavy (non-hydrogen) atoms. The van der Waals surface area contributed by atoms with Gasteiger partial charge in [-0.15, -0.1) is 0 Å². The van der Waals surface area contributed by atoms with Crippen LogP contribution >= 0.6 is 0 Å². The second kappa shape index (κ2) is 3.32. The van der Waals surface area contributed by atoms with Crippen molar-refractivity contribution in [2.75, 3.05) is 19.8 Å². The molecule has 0 aromatic carbocycles. The molecule has 1 aromatic heterocycles. The number of aliphatic hydroxyl groups excluding tert-OH is 1. The fourth-order valence-corrected chi connectivity index (χ4v) is 2.03. The molecule has 0 atom stereocenters. The summed E-state index contributed by atoms with van der Waals surface area (Å²) in [6.45, 7) is 2.27. The van der Waals surface area contributed by atoms with Crippen LogP contribution in [0.3, 0.4) is 0 Å². The zero-order chi connectivity index (χ0) is 10.3. The molecule has 2 heterocycles. The minimum Gasteiger partial charge on any atom is -0.396 e. The molecule has 2 aliphatic rings. The molecule has 0 unspecified atom stereocenters. The van der Waals surface area contributed by atoms with Gasteiger partial charge >= 0.3 is 0 Å². The van der Waals surface area contributed by atoms with Gasteiger partial charge in [0.15, 0.2) is 0 Å². The van der Waals surface area contributed by atoms with Crippen LogP contribution in [0.25, 0.3) is 0 Å². The summed E-state index contributed by atoms with van der Waals surface area (Å²) < 4.78 is 7.12. The molecule has 0 radical (unpaired) electrons. The molecule has 0 bridgehead atoms. The van der Waals surface area contributed by atoms with Crippen molar-refractivity contribution < 1.29 is 9.84 Å². The fraction of sp³-hybridized carbons (Fsp3) is 0.727. The topological polar surface area (TPSA) is 47.3 Å². The Labute approximate surface area is 88.9 Å². The number of hydrogen-bond donors (Lipinski definition) is 1. The van der Waals surface area contributed by atoms with E-state index < -0.39 is 0 Å². The molecule has 82 valence electrons. The Hall–Kier alpha value is -0.870. The zero-order valence-corrected chi connectivity index (χ0v) is 8.72. The van der Waals surface area contributed by atoms with Crippen LogP contribution < -0.4 is 0 Å². The molecule has 1 saturated heterocycles. The molecular formula is C11H16N2O2. The summed E-state index contributed by atoms with van der Waals surface area (Å²) in [5, 5.41) is 13.8. The summed E-state index contributed by atoms with van der Waals surface area (Å²) in [4.78, 5) is 0. The monoisotopic (exact) mass is 208 g/mol. The third-order valence-corrected chi connectivity index (χ3v) is 3.31. The summed E-state index contributed by atoms with van der Waals surface area (Å²) in [5.74, 6) is 0.703. The summed E-state index contributed by atoms with van der Waals surface area (Å²) in [6, 6.07) is 2.10. The van der Waals surface area contributed by atoms with E-state index >= 15 is 0 Å². The van der Waals surface area contributed by atoms with Gasteiger partial charge in [-0.2, -0.15) is 5.10 Å². The van der Waals surface area contributed by atoms with Gasteiger partial charge in [-0.25, -0.2) is 0 Å². The molecule has 2 fully saturated rings. The molecule has 1 aliphatic heterocycles. The molecule has 4 heteroatoms. The number of ether oxygens (including phenoxy) is 1. The molecule has 1 saturated carbocycles. The quantitative estimate of drug-likeness (QED) is 0.795. The first-order valence-electron chi connectivity index (χ1n) is 5.53. The summed E-state index contributed by atoms with van der Waals surface area (Å²) in [6.07, 6.45) is 4.58. The van der Waals surface area contributed by atoms with E-state index in [-0.39, 0.29) is 12.0 Å². The van der Waals surface area contributed by atoms with Crippen LogP contribution in [0.2, 0.25) is 0 Å². The maximum absolute atomic E-state index is 9.31. The van der Waals surface area contributed by atoms with Gasteiger partial charge < -0.3 is 9.84 Å². The molecule has 1 aromatic rings. The fourth-order valence-electron chi connectivity index (χ4n) is 2.03. The Balaban J connectivity index is 1.70. The van der Waals surface area contributed by atoms with Gasteiger partial charge in [0.1, 0.15) is 0 Å². The molecule has 1 aliphatic carbocycles. The first-order chi connectivity index (χ1) is 7.31. The number of aliphatic hydroxyl groups is 1. The molecule has 4 nitrogen and oxygen atoms in total. The van der Waals surface area contributed by atoms with Crippen molar-refractivity contribution in [3.63, 3.8) is 0 Å². The Kier molecular flexibility index (Phi) is 2.07. The average Bonchev–Trinajstić information content (AvgIpc) is 2.94. The predicted molar refractivity (Wildman–Crippen MR) is 54.5 cm³/mol. The predicted octanol–water partition coefficient (Wildman–Crippen LogP) is 0.769. The minimum atomic E-state index is -0.0765. The minimum absolute atomic E-state index is 0.0765. The van der Waals surface area contributed by atoms with Crippen molar-refractivity contribution in [3.8, 4) is 0 Å². The molecule has 3 rings (SSSR count). The van der Waals surface area contributed by atoms with Crippen molar-refractivity contribution in [2.24, 2.45) is 5.41 Å². The smallest absolute Gasteiger partial charge is 0.0655 e. The number of rotatable bonds is 4. The molecule has 0 spiro atoms. The Morgan fingerprint density at radius 2 is 2.33 bits per heavy atom. The maximum atomic E-state index is 9.31. The number of aromatic nitrogens is 2. The Bertz CT molecular complexity index is 348. The van der Waals surface area contributed by atoms with Crippen LogP contribution in [0.1, 0.15) is 24.5 Å². The van der Waals surface area contributed by atoms with Gasteiger partial charge in [-0.05, 0) is 18.9 Å². The Morgan fingerprint density at radius 3 is 2.87 bits per heavy atom. The van der Waals surface area contributed by atoms with E-state index in [1.165, 1.54) is 18.5 Å². The van der Waals surface area contributed by atoms with Gasteiger partial charge in [0, 0.05) is 12.1 Å². The summed E-state index contributed by atoms with van der Waals surface area (Å²) >= 11 is 0. The van der Waals surface area contributed by atoms with E-state index in [4.69, 9.17) is 4.74 Å². The van der Waals surface area contributed by atoms with Crippen LogP contribution in [0, 0.1) is 5.41 Å². The summed E-state index contributed by atoms with van der Waals surface area (Å²) in [5.41, 5.74) is 1.13. The van der Waals surface area contributed by atoms with Crippen LogP contribution in [-0.4, -0.2) is 34.7 Å². The van der Waals surface area contributed by atoms with Crippen molar-refractivity contribution >= 4 is 0 Å². The van der Waals surface area contributed by atoms with E-state index in [1.807, 2.05) is 10.9 Å². The normalized spacial score (nSPS) is 23.8. The highest BCUT2D eigenvalue weighted by Crippen LogP contribution is 2.39. The van der Waals surface area contributed by atoms with Crippen molar-refractivity contribution in [1.82, 2.24) is 9.78 Å². The maximum Gasteiger partial charge on any atom is 0.0655 e. The lowest BCUT2D eigenvalue weighted by molar-refractivity contribution is -0.146. The van der Waals surface area contributed by atoms with Gasteiger partial charge in [0.2, 0.25) is 0 Å². The van der Waals surface area contributed by atoms with Crippen molar-refractivity contribution in [2.45, 2.75) is 25.3 Å². The van der Waals surface area contributed by atoms with E-state index in [0.29, 0.717) is 19.1 Å². The Morgan fingerprint density at radius 1 is 1.53 bits per heavy atom. The van der Waals surface area contributed by atoms with Gasteiger partial charge in [-0.3, -0.25) is 4.68 Å². The van der Waals surface area contributed by atoms with E-state index in [0.717, 1.165) is 6.54 Å². The highest BCUT2D eigenvalue weighted by molar-refractivity contribution is 5.12. The average molecular weight is 208 g/mol. The standard InChI is InChI=1S/C11H16N2O2/c14-6-11(7-15-8-11)5-13-4-3-10(12-13)9-1-2-9/h3-4,9,14H,1-2,5-8H2. The molecule has 0 amide bonds. The number of nitrogens with zero attached hydrogens (tertiary/aromatic N) is 2. The van der Waals surface area contributed by atoms with E-state index in [9.17, 15) is 5.11 Å². The van der Waals surface area contributed by atoms with Crippen LogP contribution in [0.15, 0.2) is 12.3 Å². The molecule has 1 N–H and O–H groups in total. The SMILES string of the molecule is OCC1(Cn2ccc(C3CC3)n2)COC1.